The van der Waals surface area contributed by atoms with Gasteiger partial charge < -0.3 is 4.74 Å². The van der Waals surface area contributed by atoms with Gasteiger partial charge >= 0.3 is 5.97 Å². The maximum atomic E-state index is 11.1. The van der Waals surface area contributed by atoms with Gasteiger partial charge in [-0.3, -0.25) is 4.79 Å². The molecule has 0 aliphatic heterocycles. The number of benzene rings is 2. The number of esters is 1. The van der Waals surface area contributed by atoms with Crippen LogP contribution in [0.2, 0.25) is 0 Å². The molecule has 0 fully saturated rings. The van der Waals surface area contributed by atoms with Crippen molar-refractivity contribution in [2.24, 2.45) is 0 Å². The highest BCUT2D eigenvalue weighted by Gasteiger charge is 2.14. The molecular formula is C16H16O2. The standard InChI is InChI=1S/C16H16O2/c1-12(14-8-4-3-5-9-14)15-10-6-7-11-16(15)18-13(2)17/h3-12H,1-2H3. The van der Waals surface area contributed by atoms with E-state index in [0.717, 1.165) is 5.56 Å². The lowest BCUT2D eigenvalue weighted by Gasteiger charge is -2.16. The Morgan fingerprint density at radius 3 is 2.28 bits per heavy atom. The monoisotopic (exact) mass is 240 g/mol. The predicted molar refractivity (Wildman–Crippen MR) is 71.7 cm³/mol. The fourth-order valence-electron chi connectivity index (χ4n) is 2.01. The summed E-state index contributed by atoms with van der Waals surface area (Å²) in [6, 6.07) is 17.8. The number of ether oxygens (including phenoxy) is 1. The highest BCUT2D eigenvalue weighted by atomic mass is 16.5. The van der Waals surface area contributed by atoms with Crippen LogP contribution in [-0.4, -0.2) is 5.97 Å². The predicted octanol–water partition coefficient (Wildman–Crippen LogP) is 3.76. The molecular weight excluding hydrogens is 224 g/mol. The molecule has 92 valence electrons. The summed E-state index contributed by atoms with van der Waals surface area (Å²) in [4.78, 5) is 11.1. The van der Waals surface area contributed by atoms with Crippen molar-refractivity contribution < 1.29 is 9.53 Å². The number of carbonyl (C=O) groups is 1. The molecule has 2 aromatic carbocycles. The van der Waals surface area contributed by atoms with Gasteiger partial charge in [0, 0.05) is 18.4 Å². The number of carbonyl (C=O) groups excluding carboxylic acids is 1. The Bertz CT molecular complexity index is 532. The highest BCUT2D eigenvalue weighted by Crippen LogP contribution is 2.31. The molecule has 0 bridgehead atoms. The molecule has 0 N–H and O–H groups in total. The zero-order valence-corrected chi connectivity index (χ0v) is 10.6. The minimum absolute atomic E-state index is 0.196. The number of rotatable bonds is 3. The van der Waals surface area contributed by atoms with Crippen molar-refractivity contribution in [2.75, 3.05) is 0 Å². The minimum atomic E-state index is -0.289. The molecule has 2 rings (SSSR count). The van der Waals surface area contributed by atoms with Crippen LogP contribution in [0, 0.1) is 0 Å². The number of para-hydroxylation sites is 1. The lowest BCUT2D eigenvalue weighted by atomic mass is 9.92. The Hall–Kier alpha value is -2.09. The minimum Gasteiger partial charge on any atom is -0.426 e. The van der Waals surface area contributed by atoms with Gasteiger partial charge in [-0.2, -0.15) is 0 Å². The fourth-order valence-corrected chi connectivity index (χ4v) is 2.01. The third-order valence-electron chi connectivity index (χ3n) is 2.94. The quantitative estimate of drug-likeness (QED) is 0.603. The summed E-state index contributed by atoms with van der Waals surface area (Å²) in [5.41, 5.74) is 2.23. The van der Waals surface area contributed by atoms with E-state index in [0.29, 0.717) is 5.75 Å². The van der Waals surface area contributed by atoms with Crippen LogP contribution in [0.5, 0.6) is 5.75 Å². The molecule has 2 aromatic rings. The molecule has 1 unspecified atom stereocenters. The van der Waals surface area contributed by atoms with E-state index < -0.39 is 0 Å². The Labute approximate surface area is 107 Å². The first-order valence-electron chi connectivity index (χ1n) is 6.01. The molecule has 0 amide bonds. The van der Waals surface area contributed by atoms with E-state index in [2.05, 4.69) is 19.1 Å². The molecule has 0 aliphatic carbocycles. The smallest absolute Gasteiger partial charge is 0.308 e. The van der Waals surface area contributed by atoms with E-state index in [1.54, 1.807) is 0 Å². The van der Waals surface area contributed by atoms with Crippen LogP contribution in [0.1, 0.15) is 30.9 Å². The van der Waals surface area contributed by atoms with Gasteiger partial charge in [0.2, 0.25) is 0 Å². The first-order valence-corrected chi connectivity index (χ1v) is 6.01. The van der Waals surface area contributed by atoms with Crippen molar-refractivity contribution in [2.45, 2.75) is 19.8 Å². The Balaban J connectivity index is 2.36. The summed E-state index contributed by atoms with van der Waals surface area (Å²) >= 11 is 0. The van der Waals surface area contributed by atoms with Gasteiger partial charge in [0.05, 0.1) is 0 Å². The van der Waals surface area contributed by atoms with Crippen LogP contribution in [0.25, 0.3) is 0 Å². The molecule has 1 atom stereocenters. The van der Waals surface area contributed by atoms with Gasteiger partial charge in [0.25, 0.3) is 0 Å². The van der Waals surface area contributed by atoms with Crippen molar-refractivity contribution in [3.05, 3.63) is 65.7 Å². The SMILES string of the molecule is CC(=O)Oc1ccccc1C(C)c1ccccc1. The van der Waals surface area contributed by atoms with E-state index in [9.17, 15) is 4.79 Å². The third-order valence-corrected chi connectivity index (χ3v) is 2.94. The topological polar surface area (TPSA) is 26.3 Å². The van der Waals surface area contributed by atoms with E-state index in [4.69, 9.17) is 4.74 Å². The van der Waals surface area contributed by atoms with Crippen LogP contribution in [-0.2, 0) is 4.79 Å². The van der Waals surface area contributed by atoms with Crippen LogP contribution in [0.3, 0.4) is 0 Å². The molecule has 0 saturated heterocycles. The molecule has 0 heterocycles. The third kappa shape index (κ3) is 2.77. The van der Waals surface area contributed by atoms with E-state index >= 15 is 0 Å². The van der Waals surface area contributed by atoms with Gasteiger partial charge in [0.1, 0.15) is 5.75 Å². The van der Waals surface area contributed by atoms with Crippen molar-refractivity contribution in [1.82, 2.24) is 0 Å². The van der Waals surface area contributed by atoms with Crippen molar-refractivity contribution in [3.63, 3.8) is 0 Å². The molecule has 2 nitrogen and oxygen atoms in total. The second-order valence-electron chi connectivity index (χ2n) is 4.26. The van der Waals surface area contributed by atoms with Gasteiger partial charge in [-0.05, 0) is 11.6 Å². The zero-order chi connectivity index (χ0) is 13.0. The second kappa shape index (κ2) is 5.50. The molecule has 0 aliphatic rings. The van der Waals surface area contributed by atoms with Crippen LogP contribution in [0.4, 0.5) is 0 Å². The van der Waals surface area contributed by atoms with Gasteiger partial charge in [-0.15, -0.1) is 0 Å². The molecule has 0 radical (unpaired) electrons. The fraction of sp³-hybridized carbons (Fsp3) is 0.188. The lowest BCUT2D eigenvalue weighted by Crippen LogP contribution is -2.06. The summed E-state index contributed by atoms with van der Waals surface area (Å²) in [5.74, 6) is 0.547. The number of hydrogen-bond donors (Lipinski definition) is 0. The first kappa shape index (κ1) is 12.4. The van der Waals surface area contributed by atoms with Crippen LogP contribution in [0.15, 0.2) is 54.6 Å². The highest BCUT2D eigenvalue weighted by molar-refractivity contribution is 5.70. The Morgan fingerprint density at radius 2 is 1.61 bits per heavy atom. The maximum absolute atomic E-state index is 11.1. The van der Waals surface area contributed by atoms with Gasteiger partial charge in [-0.25, -0.2) is 0 Å². The first-order chi connectivity index (χ1) is 8.68. The molecule has 0 spiro atoms. The van der Waals surface area contributed by atoms with Crippen molar-refractivity contribution in [3.8, 4) is 5.75 Å². The molecule has 2 heteroatoms. The normalized spacial score (nSPS) is 11.9. The Morgan fingerprint density at radius 1 is 1.00 bits per heavy atom. The zero-order valence-electron chi connectivity index (χ0n) is 10.6. The van der Waals surface area contributed by atoms with Crippen molar-refractivity contribution >= 4 is 5.97 Å². The Kier molecular flexibility index (Phi) is 3.78. The van der Waals surface area contributed by atoms with Crippen LogP contribution >= 0.6 is 0 Å². The summed E-state index contributed by atoms with van der Waals surface area (Å²) < 4.78 is 5.25. The summed E-state index contributed by atoms with van der Waals surface area (Å²) in [6.07, 6.45) is 0. The van der Waals surface area contributed by atoms with E-state index in [1.165, 1.54) is 12.5 Å². The van der Waals surface area contributed by atoms with E-state index in [1.807, 2.05) is 42.5 Å². The molecule has 0 aromatic heterocycles. The largest absolute Gasteiger partial charge is 0.426 e. The maximum Gasteiger partial charge on any atom is 0.308 e. The van der Waals surface area contributed by atoms with Gasteiger partial charge in [0.15, 0.2) is 0 Å². The summed E-state index contributed by atoms with van der Waals surface area (Å²) in [5, 5.41) is 0. The average molecular weight is 240 g/mol. The van der Waals surface area contributed by atoms with Crippen molar-refractivity contribution in [1.29, 1.82) is 0 Å². The number of hydrogen-bond acceptors (Lipinski definition) is 2. The summed E-state index contributed by atoms with van der Waals surface area (Å²) in [7, 11) is 0. The second-order valence-corrected chi connectivity index (χ2v) is 4.26. The molecule has 18 heavy (non-hydrogen) atoms. The van der Waals surface area contributed by atoms with E-state index in [-0.39, 0.29) is 11.9 Å². The molecule has 0 saturated carbocycles. The van der Waals surface area contributed by atoms with Gasteiger partial charge in [-0.1, -0.05) is 55.5 Å². The summed E-state index contributed by atoms with van der Waals surface area (Å²) in [6.45, 7) is 3.53. The van der Waals surface area contributed by atoms with Crippen LogP contribution < -0.4 is 4.74 Å². The lowest BCUT2D eigenvalue weighted by molar-refractivity contribution is -0.131. The average Bonchev–Trinajstić information content (AvgIpc) is 2.39.